The fourth-order valence-corrected chi connectivity index (χ4v) is 3.34. The third kappa shape index (κ3) is 5.18. The van der Waals surface area contributed by atoms with Crippen LogP contribution in [0.4, 0.5) is 8.78 Å². The normalized spacial score (nSPS) is 20.1. The van der Waals surface area contributed by atoms with Crippen LogP contribution in [0.25, 0.3) is 0 Å². The van der Waals surface area contributed by atoms with Crippen LogP contribution in [0.3, 0.4) is 0 Å². The van der Waals surface area contributed by atoms with Gasteiger partial charge in [-0.25, -0.2) is 0 Å². The third-order valence-corrected chi connectivity index (χ3v) is 4.59. The second-order valence-electron chi connectivity index (χ2n) is 5.87. The largest absolute Gasteiger partial charge is 0.435 e. The summed E-state index contributed by atoms with van der Waals surface area (Å²) in [5, 5.41) is 3.38. The lowest BCUT2D eigenvalue weighted by Crippen LogP contribution is -2.47. The molecule has 1 saturated carbocycles. The van der Waals surface area contributed by atoms with Gasteiger partial charge in [-0.2, -0.15) is 8.78 Å². The Bertz CT molecular complexity index is 452. The molecule has 1 aliphatic heterocycles. The molecule has 1 heterocycles. The van der Waals surface area contributed by atoms with Gasteiger partial charge in [-0.1, -0.05) is 18.6 Å². The Balaban J connectivity index is 0.00000132. The Morgan fingerprint density at radius 1 is 1.04 bits per heavy atom. The van der Waals surface area contributed by atoms with Crippen LogP contribution in [0.5, 0.6) is 5.75 Å². The van der Waals surface area contributed by atoms with E-state index in [2.05, 4.69) is 15.0 Å². The molecular weight excluding hydrogens is 345 g/mol. The van der Waals surface area contributed by atoms with E-state index in [1.165, 1.54) is 24.8 Å². The minimum atomic E-state index is -2.76. The number of nitrogens with one attached hydrogen (secondary N) is 1. The lowest BCUT2D eigenvalue weighted by molar-refractivity contribution is -0.0498. The average molecular weight is 369 g/mol. The Morgan fingerprint density at radius 2 is 1.65 bits per heavy atom. The Kier molecular flexibility index (Phi) is 8.54. The van der Waals surface area contributed by atoms with Gasteiger partial charge in [-0.3, -0.25) is 4.90 Å². The van der Waals surface area contributed by atoms with Crippen molar-refractivity contribution in [2.24, 2.45) is 5.92 Å². The van der Waals surface area contributed by atoms with Crippen molar-refractivity contribution in [1.29, 1.82) is 0 Å². The van der Waals surface area contributed by atoms with Crippen molar-refractivity contribution in [2.75, 3.05) is 26.2 Å². The molecule has 7 heteroatoms. The number of nitrogens with zero attached hydrogens (tertiary/aromatic N) is 1. The van der Waals surface area contributed by atoms with Crippen molar-refractivity contribution >= 4 is 24.8 Å². The molecule has 2 fully saturated rings. The van der Waals surface area contributed by atoms with E-state index >= 15 is 0 Å². The molecule has 1 aromatic carbocycles. The molecule has 132 valence electrons. The highest BCUT2D eigenvalue weighted by atomic mass is 35.5. The zero-order chi connectivity index (χ0) is 14.7. The topological polar surface area (TPSA) is 24.5 Å². The number of hydrogen-bond acceptors (Lipinski definition) is 3. The molecular formula is C16H24Cl2F2N2O. The number of alkyl halides is 2. The van der Waals surface area contributed by atoms with Crippen LogP contribution in [0.2, 0.25) is 0 Å². The zero-order valence-electron chi connectivity index (χ0n) is 12.9. The molecule has 3 rings (SSSR count). The lowest BCUT2D eigenvalue weighted by Gasteiger charge is -2.43. The van der Waals surface area contributed by atoms with E-state index in [9.17, 15) is 8.78 Å². The fraction of sp³-hybridized carbons (Fsp3) is 0.625. The number of ether oxygens (including phenoxy) is 1. The highest BCUT2D eigenvalue weighted by molar-refractivity contribution is 5.85. The minimum Gasteiger partial charge on any atom is -0.435 e. The summed E-state index contributed by atoms with van der Waals surface area (Å²) in [5.74, 6) is 0.936. The van der Waals surface area contributed by atoms with Gasteiger partial charge in [-0.15, -0.1) is 24.8 Å². The van der Waals surface area contributed by atoms with E-state index in [0.29, 0.717) is 12.0 Å². The molecule has 1 atom stereocenters. The summed E-state index contributed by atoms with van der Waals surface area (Å²) >= 11 is 0. The number of hydrogen-bond donors (Lipinski definition) is 1. The first-order valence-corrected chi connectivity index (χ1v) is 7.73. The predicted octanol–water partition coefficient (Wildman–Crippen LogP) is 3.88. The maximum absolute atomic E-state index is 12.2. The van der Waals surface area contributed by atoms with Gasteiger partial charge < -0.3 is 10.1 Å². The van der Waals surface area contributed by atoms with Crippen LogP contribution < -0.4 is 10.1 Å². The standard InChI is InChI=1S/C16H22F2N2O.2ClH/c17-16(18)21-14-6-4-13(5-7-14)15(12-2-1-3-12)20-10-8-19-9-11-20;;/h4-7,12,15-16,19H,1-3,8-11H2;2*1H/t15-;;/m1../s1. The van der Waals surface area contributed by atoms with Gasteiger partial charge in [-0.05, 0) is 36.5 Å². The summed E-state index contributed by atoms with van der Waals surface area (Å²) < 4.78 is 28.9. The van der Waals surface area contributed by atoms with Crippen molar-refractivity contribution in [2.45, 2.75) is 31.9 Å². The smallest absolute Gasteiger partial charge is 0.387 e. The number of halogens is 4. The highest BCUT2D eigenvalue weighted by Crippen LogP contribution is 2.41. The van der Waals surface area contributed by atoms with Crippen molar-refractivity contribution in [3.05, 3.63) is 29.8 Å². The van der Waals surface area contributed by atoms with Gasteiger partial charge in [0.15, 0.2) is 0 Å². The van der Waals surface area contributed by atoms with Gasteiger partial charge in [0.05, 0.1) is 0 Å². The molecule has 0 aromatic heterocycles. The highest BCUT2D eigenvalue weighted by Gasteiger charge is 2.33. The molecule has 0 bridgehead atoms. The molecule has 0 spiro atoms. The van der Waals surface area contributed by atoms with E-state index in [4.69, 9.17) is 0 Å². The number of piperazine rings is 1. The summed E-state index contributed by atoms with van der Waals surface area (Å²) in [6, 6.07) is 7.64. The summed E-state index contributed by atoms with van der Waals surface area (Å²) in [5.41, 5.74) is 1.23. The molecule has 2 aliphatic rings. The molecule has 1 aliphatic carbocycles. The molecule has 1 aromatic rings. The van der Waals surface area contributed by atoms with E-state index in [0.717, 1.165) is 26.2 Å². The first-order chi connectivity index (χ1) is 10.2. The quantitative estimate of drug-likeness (QED) is 0.853. The molecule has 1 saturated heterocycles. The van der Waals surface area contributed by atoms with Crippen LogP contribution in [0.15, 0.2) is 24.3 Å². The fourth-order valence-electron chi connectivity index (χ4n) is 3.34. The van der Waals surface area contributed by atoms with Crippen LogP contribution in [-0.4, -0.2) is 37.7 Å². The molecule has 23 heavy (non-hydrogen) atoms. The van der Waals surface area contributed by atoms with Crippen molar-refractivity contribution in [3.8, 4) is 5.75 Å². The van der Waals surface area contributed by atoms with E-state index < -0.39 is 6.61 Å². The Labute approximate surface area is 148 Å². The average Bonchev–Trinajstić information content (AvgIpc) is 2.44. The first-order valence-electron chi connectivity index (χ1n) is 7.73. The molecule has 1 N–H and O–H groups in total. The zero-order valence-corrected chi connectivity index (χ0v) is 14.6. The van der Waals surface area contributed by atoms with Crippen LogP contribution in [0, 0.1) is 5.92 Å². The Morgan fingerprint density at radius 3 is 2.13 bits per heavy atom. The summed E-state index contributed by atoms with van der Waals surface area (Å²) in [4.78, 5) is 2.53. The summed E-state index contributed by atoms with van der Waals surface area (Å²) in [6.07, 6.45) is 3.84. The number of benzene rings is 1. The van der Waals surface area contributed by atoms with Crippen molar-refractivity contribution in [3.63, 3.8) is 0 Å². The molecule has 3 nitrogen and oxygen atoms in total. The monoisotopic (exact) mass is 368 g/mol. The molecule has 0 radical (unpaired) electrons. The SMILES string of the molecule is Cl.Cl.FC(F)Oc1ccc([C@@H](C2CCC2)N2CCNCC2)cc1. The van der Waals surface area contributed by atoms with Gasteiger partial charge in [0, 0.05) is 32.2 Å². The van der Waals surface area contributed by atoms with Gasteiger partial charge in [0.25, 0.3) is 0 Å². The van der Waals surface area contributed by atoms with Gasteiger partial charge in [0.2, 0.25) is 0 Å². The first kappa shape index (κ1) is 20.4. The number of rotatable bonds is 5. The van der Waals surface area contributed by atoms with Crippen molar-refractivity contribution < 1.29 is 13.5 Å². The van der Waals surface area contributed by atoms with E-state index in [1.807, 2.05) is 12.1 Å². The third-order valence-electron chi connectivity index (χ3n) is 4.59. The van der Waals surface area contributed by atoms with Gasteiger partial charge in [0.1, 0.15) is 5.75 Å². The maximum Gasteiger partial charge on any atom is 0.387 e. The summed E-state index contributed by atoms with van der Waals surface area (Å²) in [7, 11) is 0. The van der Waals surface area contributed by atoms with Crippen molar-refractivity contribution in [1.82, 2.24) is 10.2 Å². The van der Waals surface area contributed by atoms with E-state index in [1.54, 1.807) is 12.1 Å². The predicted molar refractivity (Wildman–Crippen MR) is 92.1 cm³/mol. The maximum atomic E-state index is 12.2. The van der Waals surface area contributed by atoms with Crippen LogP contribution in [-0.2, 0) is 0 Å². The van der Waals surface area contributed by atoms with E-state index in [-0.39, 0.29) is 30.6 Å². The van der Waals surface area contributed by atoms with Crippen LogP contribution in [0.1, 0.15) is 30.9 Å². The Hall–Kier alpha value is -0.620. The molecule has 0 unspecified atom stereocenters. The second-order valence-corrected chi connectivity index (χ2v) is 5.87. The second kappa shape index (κ2) is 9.62. The summed E-state index contributed by atoms with van der Waals surface area (Å²) in [6.45, 7) is 1.39. The van der Waals surface area contributed by atoms with Gasteiger partial charge >= 0.3 is 6.61 Å². The minimum absolute atomic E-state index is 0. The molecule has 0 amide bonds. The van der Waals surface area contributed by atoms with Crippen LogP contribution >= 0.6 is 24.8 Å². The lowest BCUT2D eigenvalue weighted by atomic mass is 9.76.